The molecule has 0 saturated carbocycles. The molecule has 12 heteroatoms. The first-order valence-electron chi connectivity index (χ1n) is 9.46. The zero-order valence-corrected chi connectivity index (χ0v) is 19.9. The summed E-state index contributed by atoms with van der Waals surface area (Å²) < 4.78 is 6.81. The highest BCUT2D eigenvalue weighted by Gasteiger charge is 2.26. The van der Waals surface area contributed by atoms with Gasteiger partial charge in [0.15, 0.2) is 5.16 Å². The van der Waals surface area contributed by atoms with Gasteiger partial charge in [-0.05, 0) is 37.6 Å². The van der Waals surface area contributed by atoms with Crippen molar-refractivity contribution in [2.75, 3.05) is 24.7 Å². The molecule has 0 fully saturated rings. The summed E-state index contributed by atoms with van der Waals surface area (Å²) in [5.74, 6) is -1.30. The van der Waals surface area contributed by atoms with Crippen molar-refractivity contribution in [3.63, 3.8) is 0 Å². The van der Waals surface area contributed by atoms with E-state index in [1.54, 1.807) is 36.6 Å². The van der Waals surface area contributed by atoms with Gasteiger partial charge in [0.2, 0.25) is 5.91 Å². The van der Waals surface area contributed by atoms with Gasteiger partial charge < -0.3 is 15.4 Å². The lowest BCUT2D eigenvalue weighted by Gasteiger charge is -2.08. The number of amides is 2. The Morgan fingerprint density at radius 3 is 2.78 bits per heavy atom. The molecule has 1 aromatic carbocycles. The van der Waals surface area contributed by atoms with E-state index in [0.717, 1.165) is 17.0 Å². The highest BCUT2D eigenvalue weighted by atomic mass is 35.5. The summed E-state index contributed by atoms with van der Waals surface area (Å²) in [6.07, 6.45) is 1.53. The first kappa shape index (κ1) is 23.8. The van der Waals surface area contributed by atoms with Crippen molar-refractivity contribution in [2.24, 2.45) is 0 Å². The summed E-state index contributed by atoms with van der Waals surface area (Å²) in [4.78, 5) is 37.6. The lowest BCUT2D eigenvalue weighted by Crippen LogP contribution is -2.18. The molecule has 3 aromatic rings. The Kier molecular flexibility index (Phi) is 7.89. The van der Waals surface area contributed by atoms with E-state index < -0.39 is 5.97 Å². The summed E-state index contributed by atoms with van der Waals surface area (Å²) in [6.45, 7) is 3.50. The zero-order chi connectivity index (χ0) is 23.3. The van der Waals surface area contributed by atoms with E-state index in [1.807, 2.05) is 6.07 Å². The molecule has 0 aliphatic rings. The predicted octanol–water partition coefficient (Wildman–Crippen LogP) is 3.56. The summed E-state index contributed by atoms with van der Waals surface area (Å²) in [5.41, 5.74) is 1.39. The van der Waals surface area contributed by atoms with E-state index >= 15 is 0 Å². The Hall–Kier alpha value is -2.89. The number of aromatic nitrogens is 3. The van der Waals surface area contributed by atoms with Crippen LogP contribution in [0, 0.1) is 6.92 Å². The second-order valence-corrected chi connectivity index (χ2v) is 8.76. The molecule has 0 radical (unpaired) electrons. The number of hydrogen-bond acceptors (Lipinski definition) is 8. The van der Waals surface area contributed by atoms with E-state index in [-0.39, 0.29) is 34.7 Å². The molecule has 0 spiro atoms. The largest absolute Gasteiger partial charge is 0.462 e. The van der Waals surface area contributed by atoms with Gasteiger partial charge in [0.1, 0.15) is 11.3 Å². The number of esters is 1. The average Bonchev–Trinajstić information content (AvgIpc) is 3.36. The van der Waals surface area contributed by atoms with Crippen molar-refractivity contribution in [3.8, 4) is 5.69 Å². The van der Waals surface area contributed by atoms with Crippen LogP contribution >= 0.6 is 34.7 Å². The lowest BCUT2D eigenvalue weighted by molar-refractivity contribution is -0.113. The number of hydrogen-bond donors (Lipinski definition) is 2. The molecule has 2 N–H and O–H groups in total. The van der Waals surface area contributed by atoms with Gasteiger partial charge in [-0.3, -0.25) is 14.2 Å². The Morgan fingerprint density at radius 1 is 1.31 bits per heavy atom. The average molecular weight is 494 g/mol. The molecule has 0 unspecified atom stereocenters. The van der Waals surface area contributed by atoms with Gasteiger partial charge in [-0.25, -0.2) is 4.79 Å². The molecule has 0 bridgehead atoms. The van der Waals surface area contributed by atoms with Crippen molar-refractivity contribution in [3.05, 3.63) is 51.6 Å². The minimum Gasteiger partial charge on any atom is -0.462 e. The number of thiophene rings is 1. The fourth-order valence-electron chi connectivity index (χ4n) is 2.80. The molecule has 3 rings (SSSR count). The SMILES string of the molecule is CCOC(=O)c1c(NC(=O)CSc2nncn2-c2cccc(Cl)c2)sc(C(=O)NC)c1C. The van der Waals surface area contributed by atoms with E-state index in [9.17, 15) is 14.4 Å². The van der Waals surface area contributed by atoms with Gasteiger partial charge in [0.25, 0.3) is 5.91 Å². The van der Waals surface area contributed by atoms with Crippen LogP contribution in [-0.2, 0) is 9.53 Å². The quantitative estimate of drug-likeness (QED) is 0.364. The van der Waals surface area contributed by atoms with E-state index in [1.165, 1.54) is 25.1 Å². The lowest BCUT2D eigenvalue weighted by atomic mass is 10.1. The number of nitrogens with zero attached hydrogens (tertiary/aromatic N) is 3. The summed E-state index contributed by atoms with van der Waals surface area (Å²) >= 11 is 8.25. The third-order valence-electron chi connectivity index (χ3n) is 4.25. The summed E-state index contributed by atoms with van der Waals surface area (Å²) in [6, 6.07) is 7.17. The number of carbonyl (C=O) groups excluding carboxylic acids is 3. The second kappa shape index (κ2) is 10.6. The molecule has 2 aromatic heterocycles. The van der Waals surface area contributed by atoms with Gasteiger partial charge in [0.05, 0.1) is 28.5 Å². The molecule has 0 aliphatic heterocycles. The Morgan fingerprint density at radius 2 is 2.09 bits per heavy atom. The van der Waals surface area contributed by atoms with Crippen molar-refractivity contribution in [1.82, 2.24) is 20.1 Å². The number of nitrogens with one attached hydrogen (secondary N) is 2. The molecule has 0 atom stereocenters. The van der Waals surface area contributed by atoms with Crippen molar-refractivity contribution in [1.29, 1.82) is 0 Å². The number of ether oxygens (including phenoxy) is 1. The van der Waals surface area contributed by atoms with Gasteiger partial charge >= 0.3 is 5.97 Å². The maximum Gasteiger partial charge on any atom is 0.341 e. The standard InChI is InChI=1S/C20H20ClN5O4S2/c1-4-30-19(29)15-11(2)16(17(28)22-3)32-18(15)24-14(27)9-31-20-25-23-10-26(20)13-7-5-6-12(21)8-13/h5-8,10H,4,9H2,1-3H3,(H,22,28)(H,24,27). The highest BCUT2D eigenvalue weighted by Crippen LogP contribution is 2.34. The predicted molar refractivity (Wildman–Crippen MR) is 124 cm³/mol. The minimum absolute atomic E-state index is 0.00772. The molecular formula is C20H20ClN5O4S2. The summed E-state index contributed by atoms with van der Waals surface area (Å²) in [7, 11) is 1.50. The molecule has 2 heterocycles. The minimum atomic E-state index is -0.597. The van der Waals surface area contributed by atoms with Gasteiger partial charge in [0, 0.05) is 12.1 Å². The number of thioether (sulfide) groups is 1. The van der Waals surface area contributed by atoms with Crippen LogP contribution in [0.25, 0.3) is 5.69 Å². The maximum absolute atomic E-state index is 12.6. The van der Waals surface area contributed by atoms with Crippen LogP contribution in [0.3, 0.4) is 0 Å². The van der Waals surface area contributed by atoms with Crippen LogP contribution in [0.5, 0.6) is 0 Å². The monoisotopic (exact) mass is 493 g/mol. The first-order chi connectivity index (χ1) is 15.3. The number of anilines is 1. The number of rotatable bonds is 8. The topological polar surface area (TPSA) is 115 Å². The highest BCUT2D eigenvalue weighted by molar-refractivity contribution is 7.99. The molecule has 0 aliphatic carbocycles. The maximum atomic E-state index is 12.6. The third kappa shape index (κ3) is 5.29. The van der Waals surface area contributed by atoms with Crippen LogP contribution in [0.15, 0.2) is 35.7 Å². The van der Waals surface area contributed by atoms with E-state index in [2.05, 4.69) is 20.8 Å². The van der Waals surface area contributed by atoms with Crippen molar-refractivity contribution < 1.29 is 19.1 Å². The molecule has 32 heavy (non-hydrogen) atoms. The van der Waals surface area contributed by atoms with Gasteiger partial charge in [-0.2, -0.15) is 0 Å². The van der Waals surface area contributed by atoms with Gasteiger partial charge in [-0.1, -0.05) is 29.4 Å². The smallest absolute Gasteiger partial charge is 0.341 e. The van der Waals surface area contributed by atoms with Crippen molar-refractivity contribution in [2.45, 2.75) is 19.0 Å². The summed E-state index contributed by atoms with van der Waals surface area (Å²) in [5, 5.41) is 14.5. The second-order valence-electron chi connectivity index (χ2n) is 6.36. The fraction of sp³-hybridized carbons (Fsp3) is 0.250. The normalized spacial score (nSPS) is 10.6. The van der Waals surface area contributed by atoms with Crippen molar-refractivity contribution >= 4 is 57.5 Å². The fourth-order valence-corrected chi connectivity index (χ4v) is 4.87. The molecular weight excluding hydrogens is 474 g/mol. The first-order valence-corrected chi connectivity index (χ1v) is 11.6. The molecule has 2 amide bonds. The van der Waals surface area contributed by atoms with Crippen LogP contribution in [0.1, 0.15) is 32.5 Å². The molecule has 0 saturated heterocycles. The Bertz CT molecular complexity index is 1160. The Balaban J connectivity index is 1.77. The Labute approximate surface area is 197 Å². The molecule has 168 valence electrons. The van der Waals surface area contributed by atoms with Crippen LogP contribution in [-0.4, -0.2) is 52.0 Å². The van der Waals surface area contributed by atoms with Crippen LogP contribution in [0.2, 0.25) is 5.02 Å². The van der Waals surface area contributed by atoms with Crippen LogP contribution < -0.4 is 10.6 Å². The van der Waals surface area contributed by atoms with E-state index in [0.29, 0.717) is 20.6 Å². The third-order valence-corrected chi connectivity index (χ3v) is 6.63. The number of carbonyl (C=O) groups is 3. The van der Waals surface area contributed by atoms with Crippen LogP contribution in [0.4, 0.5) is 5.00 Å². The van der Waals surface area contributed by atoms with E-state index in [4.69, 9.17) is 16.3 Å². The molecule has 9 nitrogen and oxygen atoms in total. The number of benzene rings is 1. The number of halogens is 1. The zero-order valence-electron chi connectivity index (χ0n) is 17.5. The van der Waals surface area contributed by atoms with Gasteiger partial charge in [-0.15, -0.1) is 21.5 Å².